The second-order valence-electron chi connectivity index (χ2n) is 7.51. The van der Waals surface area contributed by atoms with Crippen molar-refractivity contribution in [2.24, 2.45) is 5.92 Å². The summed E-state index contributed by atoms with van der Waals surface area (Å²) in [6.07, 6.45) is 7.83. The van der Waals surface area contributed by atoms with Crippen LogP contribution in [0.15, 0.2) is 17.5 Å². The summed E-state index contributed by atoms with van der Waals surface area (Å²) in [4.78, 5) is 43.1. The van der Waals surface area contributed by atoms with Crippen molar-refractivity contribution < 1.29 is 14.4 Å². The highest BCUT2D eigenvalue weighted by Crippen LogP contribution is 2.35. The predicted octanol–water partition coefficient (Wildman–Crippen LogP) is 2.69. The topological polar surface area (TPSA) is 60.9 Å². The van der Waals surface area contributed by atoms with Crippen molar-refractivity contribution in [1.82, 2.24) is 14.7 Å². The second-order valence-corrected chi connectivity index (χ2v) is 8.54. The van der Waals surface area contributed by atoms with E-state index in [2.05, 4.69) is 4.90 Å². The minimum atomic E-state index is -0.677. The molecule has 7 heteroatoms. The van der Waals surface area contributed by atoms with E-state index >= 15 is 0 Å². The highest BCUT2D eigenvalue weighted by atomic mass is 32.1. The standard InChI is InChI=1S/C19H25N3O3S/c23-17-18(24)22(19(25)21(17)11-9-15-7-4-12-26-15)13-20-10-3-6-14-5-1-2-8-16(14)20/h4,7,12,14,16H,1-3,5-6,8-11,13H2/t14-,16+/m1/s1. The summed E-state index contributed by atoms with van der Waals surface area (Å²) in [5.74, 6) is -0.668. The summed E-state index contributed by atoms with van der Waals surface area (Å²) in [7, 11) is 0. The van der Waals surface area contributed by atoms with Crippen LogP contribution in [0.25, 0.3) is 0 Å². The Morgan fingerprint density at radius 1 is 1.00 bits per heavy atom. The fraction of sp³-hybridized carbons (Fsp3) is 0.632. The SMILES string of the molecule is O=C1C(=O)N(CN2CCC[C@H]3CCCC[C@@H]32)C(=O)N1CCc1cccs1. The molecule has 4 amide bonds. The molecular formula is C19H25N3O3S. The van der Waals surface area contributed by atoms with Crippen LogP contribution in [0, 0.1) is 5.92 Å². The summed E-state index contributed by atoms with van der Waals surface area (Å²) in [6, 6.07) is 3.93. The molecule has 26 heavy (non-hydrogen) atoms. The maximum atomic E-state index is 12.7. The maximum absolute atomic E-state index is 12.7. The van der Waals surface area contributed by atoms with Crippen LogP contribution in [0.5, 0.6) is 0 Å². The second kappa shape index (κ2) is 7.48. The molecule has 0 spiro atoms. The number of amides is 4. The Labute approximate surface area is 157 Å². The van der Waals surface area contributed by atoms with Gasteiger partial charge in [-0.2, -0.15) is 0 Å². The molecule has 3 heterocycles. The smallest absolute Gasteiger partial charge is 0.282 e. The Hall–Kier alpha value is -1.73. The van der Waals surface area contributed by atoms with Gasteiger partial charge in [-0.1, -0.05) is 18.9 Å². The van der Waals surface area contributed by atoms with E-state index in [0.717, 1.165) is 34.1 Å². The van der Waals surface area contributed by atoms with Gasteiger partial charge in [0.25, 0.3) is 0 Å². The molecule has 6 nitrogen and oxygen atoms in total. The molecule has 1 aromatic heterocycles. The lowest BCUT2D eigenvalue weighted by molar-refractivity contribution is -0.144. The molecule has 0 N–H and O–H groups in total. The molecule has 1 aliphatic carbocycles. The number of rotatable bonds is 5. The van der Waals surface area contributed by atoms with Crippen LogP contribution >= 0.6 is 11.3 Å². The zero-order chi connectivity index (χ0) is 18.1. The Morgan fingerprint density at radius 3 is 2.58 bits per heavy atom. The molecule has 0 bridgehead atoms. The van der Waals surface area contributed by atoms with E-state index in [0.29, 0.717) is 18.4 Å². The summed E-state index contributed by atoms with van der Waals surface area (Å²) >= 11 is 1.60. The molecule has 2 aliphatic heterocycles. The van der Waals surface area contributed by atoms with Crippen LogP contribution in [-0.2, 0) is 16.0 Å². The Morgan fingerprint density at radius 2 is 1.77 bits per heavy atom. The van der Waals surface area contributed by atoms with Gasteiger partial charge in [0.15, 0.2) is 0 Å². The van der Waals surface area contributed by atoms with Crippen molar-refractivity contribution in [2.75, 3.05) is 19.8 Å². The van der Waals surface area contributed by atoms with Crippen molar-refractivity contribution in [3.8, 4) is 0 Å². The van der Waals surface area contributed by atoms with Crippen molar-refractivity contribution in [3.05, 3.63) is 22.4 Å². The molecule has 2 atom stereocenters. The number of likely N-dealkylation sites (tertiary alicyclic amines) is 1. The number of nitrogens with zero attached hydrogens (tertiary/aromatic N) is 3. The number of imide groups is 2. The van der Waals surface area contributed by atoms with Gasteiger partial charge >= 0.3 is 17.8 Å². The first-order chi connectivity index (χ1) is 12.6. The van der Waals surface area contributed by atoms with E-state index in [1.165, 1.54) is 25.7 Å². The first-order valence-electron chi connectivity index (χ1n) is 9.59. The lowest BCUT2D eigenvalue weighted by Crippen LogP contribution is -2.52. The number of fused-ring (bicyclic) bond motifs is 1. The number of thiophene rings is 1. The van der Waals surface area contributed by atoms with Crippen molar-refractivity contribution in [2.45, 2.75) is 51.0 Å². The summed E-state index contributed by atoms with van der Waals surface area (Å²) < 4.78 is 0. The van der Waals surface area contributed by atoms with Gasteiger partial charge in [0.05, 0.1) is 6.67 Å². The number of piperidine rings is 1. The van der Waals surface area contributed by atoms with E-state index in [4.69, 9.17) is 0 Å². The van der Waals surface area contributed by atoms with Gasteiger partial charge < -0.3 is 0 Å². The molecule has 3 fully saturated rings. The van der Waals surface area contributed by atoms with Crippen LogP contribution in [-0.4, -0.2) is 58.3 Å². The van der Waals surface area contributed by atoms with E-state index < -0.39 is 17.8 Å². The van der Waals surface area contributed by atoms with Gasteiger partial charge in [-0.05, 0) is 43.0 Å². The highest BCUT2D eigenvalue weighted by molar-refractivity contribution is 7.09. The molecule has 2 saturated heterocycles. The average molecular weight is 375 g/mol. The largest absolute Gasteiger partial charge is 0.335 e. The van der Waals surface area contributed by atoms with Gasteiger partial charge in [0, 0.05) is 30.4 Å². The molecule has 0 radical (unpaired) electrons. The minimum absolute atomic E-state index is 0.264. The molecule has 0 unspecified atom stereocenters. The molecule has 3 aliphatic rings. The van der Waals surface area contributed by atoms with Gasteiger partial charge in [-0.3, -0.25) is 19.4 Å². The number of carbonyl (C=O) groups excluding carboxylic acids is 3. The van der Waals surface area contributed by atoms with Crippen LogP contribution in [0.1, 0.15) is 43.4 Å². The molecule has 1 saturated carbocycles. The molecule has 4 rings (SSSR count). The van der Waals surface area contributed by atoms with Gasteiger partial charge in [-0.25, -0.2) is 9.69 Å². The minimum Gasteiger partial charge on any atom is -0.282 e. The molecule has 140 valence electrons. The maximum Gasteiger partial charge on any atom is 0.335 e. The predicted molar refractivity (Wildman–Crippen MR) is 98.5 cm³/mol. The first-order valence-corrected chi connectivity index (χ1v) is 10.5. The Balaban J connectivity index is 1.42. The van der Waals surface area contributed by atoms with Crippen molar-refractivity contribution >= 4 is 29.2 Å². The quantitative estimate of drug-likeness (QED) is 0.586. The number of urea groups is 1. The monoisotopic (exact) mass is 375 g/mol. The molecule has 1 aromatic rings. The van der Waals surface area contributed by atoms with E-state index in [-0.39, 0.29) is 13.2 Å². The van der Waals surface area contributed by atoms with E-state index in [1.54, 1.807) is 11.3 Å². The lowest BCUT2D eigenvalue weighted by atomic mass is 9.78. The fourth-order valence-electron chi connectivity index (χ4n) is 4.63. The van der Waals surface area contributed by atoms with Crippen molar-refractivity contribution in [3.63, 3.8) is 0 Å². The number of carbonyl (C=O) groups is 3. The Bertz CT molecular complexity index is 688. The average Bonchev–Trinajstić information content (AvgIpc) is 3.24. The third kappa shape index (κ3) is 3.30. The van der Waals surface area contributed by atoms with Gasteiger partial charge in [0.2, 0.25) is 0 Å². The Kier molecular flexibility index (Phi) is 5.09. The highest BCUT2D eigenvalue weighted by Gasteiger charge is 2.46. The van der Waals surface area contributed by atoms with E-state index in [9.17, 15) is 14.4 Å². The zero-order valence-electron chi connectivity index (χ0n) is 14.9. The van der Waals surface area contributed by atoms with Crippen LogP contribution in [0.3, 0.4) is 0 Å². The third-order valence-corrected chi connectivity index (χ3v) is 6.91. The summed E-state index contributed by atoms with van der Waals surface area (Å²) in [5.41, 5.74) is 0. The first kappa shape index (κ1) is 17.7. The zero-order valence-corrected chi connectivity index (χ0v) is 15.7. The van der Waals surface area contributed by atoms with E-state index in [1.807, 2.05) is 17.5 Å². The van der Waals surface area contributed by atoms with Crippen LogP contribution in [0.4, 0.5) is 4.79 Å². The molecule has 0 aromatic carbocycles. The third-order valence-electron chi connectivity index (χ3n) is 5.98. The number of hydrogen-bond donors (Lipinski definition) is 0. The van der Waals surface area contributed by atoms with Crippen LogP contribution in [0.2, 0.25) is 0 Å². The molecular weight excluding hydrogens is 350 g/mol. The summed E-state index contributed by atoms with van der Waals surface area (Å²) in [6.45, 7) is 1.44. The fourth-order valence-corrected chi connectivity index (χ4v) is 5.33. The number of hydrogen-bond acceptors (Lipinski definition) is 5. The summed E-state index contributed by atoms with van der Waals surface area (Å²) in [5, 5.41) is 1.97. The van der Waals surface area contributed by atoms with Crippen molar-refractivity contribution in [1.29, 1.82) is 0 Å². The normalized spacial score (nSPS) is 27.3. The van der Waals surface area contributed by atoms with Gasteiger partial charge in [0.1, 0.15) is 0 Å². The van der Waals surface area contributed by atoms with Crippen LogP contribution < -0.4 is 0 Å². The van der Waals surface area contributed by atoms with Gasteiger partial charge in [-0.15, -0.1) is 11.3 Å². The lowest BCUT2D eigenvalue weighted by Gasteiger charge is -2.44.